The lowest BCUT2D eigenvalue weighted by atomic mass is 10.0. The molecule has 1 aromatic heterocycles. The maximum Gasteiger partial charge on any atom is 0.333 e. The molecule has 31 heavy (non-hydrogen) atoms. The van der Waals surface area contributed by atoms with E-state index in [1.165, 1.54) is 5.56 Å². The van der Waals surface area contributed by atoms with Crippen molar-refractivity contribution in [2.24, 2.45) is 4.99 Å². The molecule has 1 atom stereocenters. The molecule has 3 aromatic carbocycles. The van der Waals surface area contributed by atoms with Gasteiger partial charge in [-0.15, -0.1) is 0 Å². The van der Waals surface area contributed by atoms with Crippen molar-refractivity contribution in [3.8, 4) is 11.3 Å². The Morgan fingerprint density at radius 1 is 0.903 bits per heavy atom. The van der Waals surface area contributed by atoms with Crippen LogP contribution in [0, 0.1) is 6.92 Å². The summed E-state index contributed by atoms with van der Waals surface area (Å²) in [5.74, 6) is 0.108. The van der Waals surface area contributed by atoms with E-state index in [9.17, 15) is 9.90 Å². The van der Waals surface area contributed by atoms with Crippen molar-refractivity contribution in [2.45, 2.75) is 32.7 Å². The van der Waals surface area contributed by atoms with Crippen LogP contribution in [0.2, 0.25) is 0 Å². The van der Waals surface area contributed by atoms with Crippen LogP contribution in [-0.4, -0.2) is 11.1 Å². The van der Waals surface area contributed by atoms with Crippen molar-refractivity contribution >= 4 is 16.9 Å². The molecule has 4 nitrogen and oxygen atoms in total. The predicted molar refractivity (Wildman–Crippen MR) is 123 cm³/mol. The van der Waals surface area contributed by atoms with Gasteiger partial charge in [-0.05, 0) is 36.1 Å². The number of carbonyl (C=O) groups is 1. The van der Waals surface area contributed by atoms with E-state index < -0.39 is 12.0 Å². The Hall–Kier alpha value is -3.66. The lowest BCUT2D eigenvalue weighted by Gasteiger charge is -2.11. The topological polar surface area (TPSA) is 62.8 Å². The molecule has 0 fully saturated rings. The fourth-order valence-corrected chi connectivity index (χ4v) is 3.61. The van der Waals surface area contributed by atoms with Gasteiger partial charge in [-0.25, -0.2) is 4.79 Å². The maximum atomic E-state index is 12.0. The summed E-state index contributed by atoms with van der Waals surface area (Å²) in [7, 11) is 0. The summed E-state index contributed by atoms with van der Waals surface area (Å²) in [6.07, 6.45) is 0. The van der Waals surface area contributed by atoms with Crippen molar-refractivity contribution in [1.82, 2.24) is 0 Å². The molecular weight excluding hydrogens is 386 g/mol. The summed E-state index contributed by atoms with van der Waals surface area (Å²) < 4.78 is 6.18. The van der Waals surface area contributed by atoms with E-state index in [1.54, 1.807) is 12.1 Å². The maximum absolute atomic E-state index is 12.0. The molecule has 0 saturated carbocycles. The Balaban J connectivity index is 1.93. The van der Waals surface area contributed by atoms with Crippen LogP contribution >= 0.6 is 0 Å². The van der Waals surface area contributed by atoms with Crippen molar-refractivity contribution in [1.29, 1.82) is 0 Å². The number of carboxylic acid groups (broad SMARTS) is 1. The van der Waals surface area contributed by atoms with Crippen molar-refractivity contribution in [2.75, 3.05) is 0 Å². The lowest BCUT2D eigenvalue weighted by Crippen LogP contribution is -2.15. The first-order chi connectivity index (χ1) is 14.9. The highest BCUT2D eigenvalue weighted by Gasteiger charge is 2.19. The molecule has 4 aromatic rings. The van der Waals surface area contributed by atoms with Crippen LogP contribution in [-0.2, 0) is 4.79 Å². The van der Waals surface area contributed by atoms with E-state index in [2.05, 4.69) is 31.0 Å². The zero-order valence-electron chi connectivity index (χ0n) is 17.9. The van der Waals surface area contributed by atoms with Crippen LogP contribution < -0.4 is 5.36 Å². The second-order valence-electron chi connectivity index (χ2n) is 8.05. The van der Waals surface area contributed by atoms with Gasteiger partial charge in [0.25, 0.3) is 0 Å². The molecule has 0 saturated heterocycles. The lowest BCUT2D eigenvalue weighted by molar-refractivity contribution is -0.138. The third-order valence-corrected chi connectivity index (χ3v) is 5.38. The monoisotopic (exact) mass is 411 g/mol. The normalized spacial score (nSPS) is 13.0. The Bertz CT molecular complexity index is 1290. The molecule has 1 N–H and O–H groups in total. The molecule has 4 heteroatoms. The third kappa shape index (κ3) is 4.43. The van der Waals surface area contributed by atoms with Gasteiger partial charge in [0.15, 0.2) is 6.04 Å². The van der Waals surface area contributed by atoms with Crippen molar-refractivity contribution in [3.05, 3.63) is 101 Å². The fourth-order valence-electron chi connectivity index (χ4n) is 3.61. The van der Waals surface area contributed by atoms with Crippen LogP contribution in [0.3, 0.4) is 0 Å². The van der Waals surface area contributed by atoms with Gasteiger partial charge in [-0.1, -0.05) is 80.1 Å². The van der Waals surface area contributed by atoms with Crippen molar-refractivity contribution in [3.63, 3.8) is 0 Å². The summed E-state index contributed by atoms with van der Waals surface area (Å²) in [5, 5.41) is 11.3. The minimum atomic E-state index is -0.997. The van der Waals surface area contributed by atoms with Gasteiger partial charge >= 0.3 is 5.97 Å². The molecule has 1 heterocycles. The van der Waals surface area contributed by atoms with Crippen LogP contribution in [0.5, 0.6) is 0 Å². The van der Waals surface area contributed by atoms with Crippen LogP contribution in [0.25, 0.3) is 22.3 Å². The molecule has 0 amide bonds. The van der Waals surface area contributed by atoms with E-state index in [0.29, 0.717) is 28.2 Å². The number of benzene rings is 3. The predicted octanol–water partition coefficient (Wildman–Crippen LogP) is 6.26. The molecule has 4 rings (SSSR count). The van der Waals surface area contributed by atoms with Gasteiger partial charge in [0, 0.05) is 17.0 Å². The quantitative estimate of drug-likeness (QED) is 0.422. The second-order valence-corrected chi connectivity index (χ2v) is 8.05. The summed E-state index contributed by atoms with van der Waals surface area (Å²) >= 11 is 0. The zero-order chi connectivity index (χ0) is 22.0. The van der Waals surface area contributed by atoms with Crippen molar-refractivity contribution < 1.29 is 14.3 Å². The number of aliphatic carboxylic acids is 1. The van der Waals surface area contributed by atoms with E-state index in [-0.39, 0.29) is 0 Å². The summed E-state index contributed by atoms with van der Waals surface area (Å²) in [5.41, 5.74) is 4.54. The number of aryl methyl sites for hydroxylation is 1. The molecule has 0 radical (unpaired) electrons. The second kappa shape index (κ2) is 8.60. The highest BCUT2D eigenvalue weighted by Crippen LogP contribution is 2.26. The molecule has 0 aliphatic rings. The molecule has 0 spiro atoms. The Morgan fingerprint density at radius 3 is 2.26 bits per heavy atom. The largest absolute Gasteiger partial charge is 0.479 e. The molecule has 0 aliphatic heterocycles. The van der Waals surface area contributed by atoms with Gasteiger partial charge in [0.2, 0.25) is 0 Å². The average molecular weight is 412 g/mol. The zero-order valence-corrected chi connectivity index (χ0v) is 17.9. The molecular formula is C27H25NO3. The number of carboxylic acids is 1. The Morgan fingerprint density at radius 2 is 1.61 bits per heavy atom. The number of rotatable bonds is 5. The Kier molecular flexibility index (Phi) is 5.72. The van der Waals surface area contributed by atoms with E-state index in [0.717, 1.165) is 16.5 Å². The van der Waals surface area contributed by atoms with Gasteiger partial charge < -0.3 is 9.52 Å². The van der Waals surface area contributed by atoms with E-state index >= 15 is 0 Å². The fraction of sp³-hybridized carbons (Fsp3) is 0.185. The molecule has 0 aliphatic carbocycles. The average Bonchev–Trinajstić information content (AvgIpc) is 2.77. The van der Waals surface area contributed by atoms with Crippen LogP contribution in [0.1, 0.15) is 42.5 Å². The summed E-state index contributed by atoms with van der Waals surface area (Å²) in [6.45, 7) is 6.31. The highest BCUT2D eigenvalue weighted by atomic mass is 16.4. The number of hydrogen-bond donors (Lipinski definition) is 1. The SMILES string of the molecule is Cc1ccc2oc(-c3ccc(C(C)C)cc3)cc(=N[C@H](C(=O)O)c3ccccc3)c2c1. The standard InChI is InChI=1S/C27H25NO3/c1-17(2)19-10-12-20(13-11-19)25-16-23(22-15-18(3)9-14-24(22)31-25)28-26(27(29)30)21-7-5-4-6-8-21/h4-17,26H,1-3H3,(H,29,30)/t26-/m0/s1. The number of nitrogens with zero attached hydrogens (tertiary/aromatic N) is 1. The number of hydrogen-bond acceptors (Lipinski definition) is 3. The first-order valence-electron chi connectivity index (χ1n) is 10.4. The van der Waals surface area contributed by atoms with Crippen LogP contribution in [0.15, 0.2) is 88.3 Å². The molecule has 156 valence electrons. The van der Waals surface area contributed by atoms with Gasteiger partial charge in [-0.2, -0.15) is 0 Å². The minimum absolute atomic E-state index is 0.443. The van der Waals surface area contributed by atoms with Gasteiger partial charge in [-0.3, -0.25) is 4.99 Å². The smallest absolute Gasteiger partial charge is 0.333 e. The van der Waals surface area contributed by atoms with E-state index in [1.807, 2.05) is 61.5 Å². The first kappa shape index (κ1) is 20.6. The third-order valence-electron chi connectivity index (χ3n) is 5.38. The molecule has 0 unspecified atom stereocenters. The Labute approximate surface area is 181 Å². The summed E-state index contributed by atoms with van der Waals surface area (Å²) in [4.78, 5) is 16.7. The first-order valence-corrected chi connectivity index (χ1v) is 10.4. The molecule has 0 bridgehead atoms. The van der Waals surface area contributed by atoms with Gasteiger partial charge in [0.1, 0.15) is 11.3 Å². The van der Waals surface area contributed by atoms with Crippen LogP contribution in [0.4, 0.5) is 0 Å². The number of fused-ring (bicyclic) bond motifs is 1. The van der Waals surface area contributed by atoms with E-state index in [4.69, 9.17) is 4.42 Å². The minimum Gasteiger partial charge on any atom is -0.479 e. The van der Waals surface area contributed by atoms with Gasteiger partial charge in [0.05, 0.1) is 5.36 Å². The summed E-state index contributed by atoms with van der Waals surface area (Å²) in [6, 6.07) is 24.0. The highest BCUT2D eigenvalue weighted by molar-refractivity contribution is 5.80.